The summed E-state index contributed by atoms with van der Waals surface area (Å²) >= 11 is 0. The Morgan fingerprint density at radius 1 is 0.909 bits per heavy atom. The summed E-state index contributed by atoms with van der Waals surface area (Å²) in [4.78, 5) is 0. The van der Waals surface area contributed by atoms with Crippen LogP contribution >= 0.6 is 0 Å². The molecule has 0 aliphatic heterocycles. The van der Waals surface area contributed by atoms with Crippen molar-refractivity contribution in [3.8, 4) is 0 Å². The third kappa shape index (κ3) is 7.87. The van der Waals surface area contributed by atoms with E-state index in [0.29, 0.717) is 42.1 Å². The predicted octanol–water partition coefficient (Wildman–Crippen LogP) is 5.94. The zero-order chi connectivity index (χ0) is 32.3. The molecular formula is C35H67N3O5S. The van der Waals surface area contributed by atoms with E-state index in [1.54, 1.807) is 0 Å². The van der Waals surface area contributed by atoms with Gasteiger partial charge in [0.15, 0.2) is 0 Å². The standard InChI is InChI=1S/C35H67N3O5S/c1-24(2)31(43-44(40,41)42)13-10-25(3)27-11-12-28-32-29(15-16-34(27,28)5)35(6)17-14-26(22-33(35,4)23-30(32)39)38-21-9-20-37-19-8-7-18-36/h24-32,37-39H,7-23,36H2,1-6H3,(H,40,41,42)/t25?,26-,27+,28?,29?,30+,31+,32?,33+,34+,35+/m0/s1. The molecule has 0 spiro atoms. The Hall–Kier alpha value is -0.290. The zero-order valence-electron chi connectivity index (χ0n) is 28.8. The lowest BCUT2D eigenvalue weighted by Crippen LogP contribution is -2.63. The van der Waals surface area contributed by atoms with Crippen molar-refractivity contribution < 1.29 is 22.3 Å². The van der Waals surface area contributed by atoms with E-state index in [1.807, 2.05) is 13.8 Å². The number of fused-ring (bicyclic) bond motifs is 5. The fourth-order valence-corrected chi connectivity index (χ4v) is 11.8. The second-order valence-corrected chi connectivity index (χ2v) is 17.7. The molecule has 44 heavy (non-hydrogen) atoms. The van der Waals surface area contributed by atoms with Gasteiger partial charge in [0.2, 0.25) is 0 Å². The summed E-state index contributed by atoms with van der Waals surface area (Å²) in [6, 6.07) is 0.541. The third-order valence-electron chi connectivity index (χ3n) is 13.8. The van der Waals surface area contributed by atoms with Crippen LogP contribution in [-0.4, -0.2) is 62.5 Å². The second kappa shape index (κ2) is 14.9. The van der Waals surface area contributed by atoms with Crippen molar-refractivity contribution in [2.24, 2.45) is 57.5 Å². The van der Waals surface area contributed by atoms with E-state index in [4.69, 9.17) is 9.92 Å². The fourth-order valence-electron chi connectivity index (χ4n) is 11.1. The third-order valence-corrected chi connectivity index (χ3v) is 14.3. The van der Waals surface area contributed by atoms with Gasteiger partial charge in [0.25, 0.3) is 0 Å². The molecule has 11 atom stereocenters. The van der Waals surface area contributed by atoms with Gasteiger partial charge in [-0.25, -0.2) is 4.18 Å². The van der Waals surface area contributed by atoms with Crippen LogP contribution in [0.3, 0.4) is 0 Å². The van der Waals surface area contributed by atoms with Crippen molar-refractivity contribution in [2.45, 2.75) is 143 Å². The topological polar surface area (TPSA) is 134 Å². The van der Waals surface area contributed by atoms with E-state index < -0.39 is 16.5 Å². The van der Waals surface area contributed by atoms with Crippen LogP contribution in [0.25, 0.3) is 0 Å². The molecular weight excluding hydrogens is 574 g/mol. The normalized spacial score (nSPS) is 40.3. The first-order valence-corrected chi connectivity index (χ1v) is 19.5. The molecule has 0 aromatic carbocycles. The molecule has 4 saturated carbocycles. The Labute approximate surface area is 269 Å². The second-order valence-electron chi connectivity index (χ2n) is 16.6. The molecule has 9 heteroatoms. The number of nitrogens with one attached hydrogen (secondary N) is 2. The molecule has 0 aromatic rings. The lowest BCUT2D eigenvalue weighted by molar-refractivity contribution is -0.202. The maximum Gasteiger partial charge on any atom is 0.397 e. The highest BCUT2D eigenvalue weighted by molar-refractivity contribution is 7.80. The lowest BCUT2D eigenvalue weighted by Gasteiger charge is -2.66. The van der Waals surface area contributed by atoms with Gasteiger partial charge in [0.05, 0.1) is 12.2 Å². The first-order chi connectivity index (χ1) is 20.6. The number of aliphatic hydroxyl groups is 1. The van der Waals surface area contributed by atoms with Crippen LogP contribution in [0.1, 0.15) is 125 Å². The average molecular weight is 642 g/mol. The molecule has 0 aromatic heterocycles. The maximum atomic E-state index is 11.9. The smallest absolute Gasteiger partial charge is 0.393 e. The number of nitrogens with two attached hydrogens (primary N) is 1. The van der Waals surface area contributed by atoms with Crippen molar-refractivity contribution in [2.75, 3.05) is 26.2 Å². The first-order valence-electron chi connectivity index (χ1n) is 18.1. The average Bonchev–Trinajstić information content (AvgIpc) is 3.29. The molecule has 6 N–H and O–H groups in total. The van der Waals surface area contributed by atoms with Gasteiger partial charge in [-0.1, -0.05) is 41.5 Å². The molecule has 4 aliphatic carbocycles. The number of rotatable bonds is 16. The number of unbranched alkanes of at least 4 members (excludes halogenated alkanes) is 1. The number of hydrogen-bond donors (Lipinski definition) is 5. The molecule has 0 radical (unpaired) electrons. The summed E-state index contributed by atoms with van der Waals surface area (Å²) in [6.07, 6.45) is 13.5. The quantitative estimate of drug-likeness (QED) is 0.103. The molecule has 8 nitrogen and oxygen atoms in total. The van der Waals surface area contributed by atoms with E-state index in [2.05, 4.69) is 38.3 Å². The fraction of sp³-hybridized carbons (Fsp3) is 1.00. The largest absolute Gasteiger partial charge is 0.397 e. The Morgan fingerprint density at radius 2 is 1.64 bits per heavy atom. The number of hydrogen-bond acceptors (Lipinski definition) is 7. The maximum absolute atomic E-state index is 11.9. The van der Waals surface area contributed by atoms with E-state index in [0.717, 1.165) is 64.7 Å². The van der Waals surface area contributed by atoms with Gasteiger partial charge < -0.3 is 21.5 Å². The zero-order valence-corrected chi connectivity index (χ0v) is 29.6. The van der Waals surface area contributed by atoms with Gasteiger partial charge in [0.1, 0.15) is 0 Å². The van der Waals surface area contributed by atoms with Gasteiger partial charge in [0, 0.05) is 6.04 Å². The first kappa shape index (κ1) is 36.5. The summed E-state index contributed by atoms with van der Waals surface area (Å²) in [5, 5.41) is 19.4. The van der Waals surface area contributed by atoms with Crippen molar-refractivity contribution in [1.82, 2.24) is 10.6 Å². The van der Waals surface area contributed by atoms with Gasteiger partial charge in [-0.3, -0.25) is 4.55 Å². The van der Waals surface area contributed by atoms with Gasteiger partial charge in [-0.05, 0) is 161 Å². The van der Waals surface area contributed by atoms with Crippen molar-refractivity contribution >= 4 is 10.4 Å². The molecule has 4 fully saturated rings. The van der Waals surface area contributed by atoms with Crippen LogP contribution in [0, 0.1) is 51.8 Å². The molecule has 4 aliphatic rings. The van der Waals surface area contributed by atoms with Gasteiger partial charge in [-0.15, -0.1) is 0 Å². The van der Waals surface area contributed by atoms with E-state index in [9.17, 15) is 18.1 Å². The minimum absolute atomic E-state index is 0.0118. The van der Waals surface area contributed by atoms with Gasteiger partial charge in [-0.2, -0.15) is 8.42 Å². The highest BCUT2D eigenvalue weighted by Gasteiger charge is 2.65. The van der Waals surface area contributed by atoms with Crippen LogP contribution < -0.4 is 16.4 Å². The van der Waals surface area contributed by atoms with Crippen LogP contribution in [-0.2, 0) is 14.6 Å². The predicted molar refractivity (Wildman–Crippen MR) is 178 cm³/mol. The van der Waals surface area contributed by atoms with Gasteiger partial charge >= 0.3 is 10.4 Å². The van der Waals surface area contributed by atoms with Crippen molar-refractivity contribution in [3.05, 3.63) is 0 Å². The van der Waals surface area contributed by atoms with E-state index >= 15 is 0 Å². The molecule has 4 rings (SSSR count). The highest BCUT2D eigenvalue weighted by Crippen LogP contribution is 2.71. The minimum atomic E-state index is -4.46. The Balaban J connectivity index is 1.35. The van der Waals surface area contributed by atoms with Crippen LogP contribution in [0.2, 0.25) is 0 Å². The van der Waals surface area contributed by atoms with Crippen LogP contribution in [0.15, 0.2) is 0 Å². The molecule has 0 bridgehead atoms. The molecule has 0 saturated heterocycles. The van der Waals surface area contributed by atoms with E-state index in [1.165, 1.54) is 38.5 Å². The molecule has 258 valence electrons. The summed E-state index contributed by atoms with van der Waals surface area (Å²) in [5.41, 5.74) is 6.22. The Kier molecular flexibility index (Phi) is 12.3. The highest BCUT2D eigenvalue weighted by atomic mass is 32.3. The van der Waals surface area contributed by atoms with Crippen LogP contribution in [0.4, 0.5) is 0 Å². The Morgan fingerprint density at radius 3 is 2.32 bits per heavy atom. The van der Waals surface area contributed by atoms with Crippen molar-refractivity contribution in [1.29, 1.82) is 0 Å². The Bertz CT molecular complexity index is 1030. The summed E-state index contributed by atoms with van der Waals surface area (Å²) < 4.78 is 37.2. The van der Waals surface area contributed by atoms with Crippen LogP contribution in [0.5, 0.6) is 0 Å². The minimum Gasteiger partial charge on any atom is -0.393 e. The van der Waals surface area contributed by atoms with Crippen molar-refractivity contribution in [3.63, 3.8) is 0 Å². The lowest BCUT2D eigenvalue weighted by atomic mass is 9.39. The monoisotopic (exact) mass is 641 g/mol. The molecule has 0 amide bonds. The SMILES string of the molecule is CC(CC[C@@H](OS(=O)(=O)O)C(C)C)[C@H]1CCC2C3C(CC[C@@]21C)[C@@]1(C)CC[C@H](NCCCNCCCCN)C[C@]1(C)C[C@H]3O. The summed E-state index contributed by atoms with van der Waals surface area (Å²) in [7, 11) is -4.46. The number of aliphatic hydroxyl groups excluding tert-OH is 1. The molecule has 4 unspecified atom stereocenters. The molecule has 0 heterocycles. The summed E-state index contributed by atoms with van der Waals surface area (Å²) in [5.74, 6) is 2.53. The summed E-state index contributed by atoms with van der Waals surface area (Å²) in [6.45, 7) is 17.7. The van der Waals surface area contributed by atoms with E-state index in [-0.39, 0.29) is 28.3 Å².